The summed E-state index contributed by atoms with van der Waals surface area (Å²) in [5.74, 6) is 0.177. The summed E-state index contributed by atoms with van der Waals surface area (Å²) in [4.78, 5) is 12.7. The number of likely N-dealkylation sites (tertiary alicyclic amines) is 1. The van der Waals surface area contributed by atoms with Crippen molar-refractivity contribution in [2.45, 2.75) is 25.6 Å². The number of nitrogens with one attached hydrogen (secondary N) is 1. The maximum atomic E-state index is 11.9. The van der Waals surface area contributed by atoms with Gasteiger partial charge in [-0.25, -0.2) is 4.79 Å². The van der Waals surface area contributed by atoms with Crippen LogP contribution in [0.1, 0.15) is 13.3 Å². The largest absolute Gasteiger partial charge is 0.405 e. The lowest BCUT2D eigenvalue weighted by atomic mass is 10.0. The second kappa shape index (κ2) is 4.90. The summed E-state index contributed by atoms with van der Waals surface area (Å²) in [6.45, 7) is 1.40. The van der Waals surface area contributed by atoms with Gasteiger partial charge in [-0.2, -0.15) is 13.2 Å². The Balaban J connectivity index is 2.39. The lowest BCUT2D eigenvalue weighted by Crippen LogP contribution is -2.43. The fourth-order valence-corrected chi connectivity index (χ4v) is 1.78. The molecular formula is C9H16F3N3O. The fraction of sp³-hybridized carbons (Fsp3) is 0.889. The molecule has 7 heteroatoms. The number of urea groups is 1. The zero-order chi connectivity index (χ0) is 12.3. The van der Waals surface area contributed by atoms with Gasteiger partial charge >= 0.3 is 12.2 Å². The molecule has 0 aromatic carbocycles. The van der Waals surface area contributed by atoms with Crippen LogP contribution >= 0.6 is 0 Å². The number of carbonyl (C=O) groups is 1. The lowest BCUT2D eigenvalue weighted by Gasteiger charge is -2.17. The Hall–Kier alpha value is -0.980. The van der Waals surface area contributed by atoms with Crippen LogP contribution in [0.15, 0.2) is 0 Å². The van der Waals surface area contributed by atoms with Gasteiger partial charge in [-0.05, 0) is 5.92 Å². The van der Waals surface area contributed by atoms with Crippen LogP contribution in [0.4, 0.5) is 18.0 Å². The molecular weight excluding hydrogens is 223 g/mol. The molecule has 0 radical (unpaired) electrons. The summed E-state index contributed by atoms with van der Waals surface area (Å²) in [7, 11) is 0. The number of halogens is 3. The molecule has 4 nitrogen and oxygen atoms in total. The summed E-state index contributed by atoms with van der Waals surface area (Å²) in [6.07, 6.45) is -3.55. The second-order valence-electron chi connectivity index (χ2n) is 4.01. The Bertz CT molecular complexity index is 257. The van der Waals surface area contributed by atoms with E-state index in [4.69, 9.17) is 5.73 Å². The summed E-state index contributed by atoms with van der Waals surface area (Å²) >= 11 is 0. The number of nitrogens with zero attached hydrogens (tertiary/aromatic N) is 1. The van der Waals surface area contributed by atoms with Crippen LogP contribution in [0.3, 0.4) is 0 Å². The normalized spacial score (nSPS) is 25.9. The number of alkyl halides is 3. The van der Waals surface area contributed by atoms with Crippen molar-refractivity contribution in [2.75, 3.05) is 19.6 Å². The molecule has 1 aliphatic heterocycles. The highest BCUT2D eigenvalue weighted by Gasteiger charge is 2.34. The van der Waals surface area contributed by atoms with Crippen molar-refractivity contribution in [1.29, 1.82) is 0 Å². The van der Waals surface area contributed by atoms with E-state index in [1.54, 1.807) is 0 Å². The average Bonchev–Trinajstić information content (AvgIpc) is 2.55. The van der Waals surface area contributed by atoms with Crippen LogP contribution in [0, 0.1) is 5.92 Å². The number of hydrogen-bond acceptors (Lipinski definition) is 2. The average molecular weight is 239 g/mol. The van der Waals surface area contributed by atoms with Gasteiger partial charge in [0.25, 0.3) is 0 Å². The van der Waals surface area contributed by atoms with Crippen molar-refractivity contribution in [3.63, 3.8) is 0 Å². The van der Waals surface area contributed by atoms with E-state index in [0.29, 0.717) is 13.1 Å². The molecule has 0 unspecified atom stereocenters. The predicted molar refractivity (Wildman–Crippen MR) is 52.8 cm³/mol. The molecule has 0 saturated carbocycles. The fourth-order valence-electron chi connectivity index (χ4n) is 1.78. The third kappa shape index (κ3) is 3.55. The topological polar surface area (TPSA) is 58.4 Å². The Labute approximate surface area is 92.0 Å². The zero-order valence-electron chi connectivity index (χ0n) is 9.05. The number of amides is 2. The molecule has 3 N–H and O–H groups in total. The number of hydrogen-bond donors (Lipinski definition) is 2. The van der Waals surface area contributed by atoms with E-state index in [1.165, 1.54) is 4.90 Å². The maximum Gasteiger partial charge on any atom is 0.405 e. The van der Waals surface area contributed by atoms with Crippen LogP contribution in [-0.4, -0.2) is 42.8 Å². The molecule has 1 saturated heterocycles. The molecule has 2 atom stereocenters. The minimum absolute atomic E-state index is 0.137. The molecule has 2 amide bonds. The number of rotatable bonds is 2. The highest BCUT2D eigenvalue weighted by atomic mass is 19.4. The quantitative estimate of drug-likeness (QED) is 0.753. The molecule has 0 aromatic rings. The first-order chi connectivity index (χ1) is 7.33. The molecule has 94 valence electrons. The highest BCUT2D eigenvalue weighted by Crippen LogP contribution is 2.18. The monoisotopic (exact) mass is 239 g/mol. The Morgan fingerprint density at radius 3 is 2.56 bits per heavy atom. The van der Waals surface area contributed by atoms with Gasteiger partial charge in [0.2, 0.25) is 0 Å². The van der Waals surface area contributed by atoms with E-state index in [9.17, 15) is 18.0 Å². The van der Waals surface area contributed by atoms with Gasteiger partial charge in [0.15, 0.2) is 0 Å². The van der Waals surface area contributed by atoms with Crippen molar-refractivity contribution in [3.8, 4) is 0 Å². The molecule has 1 fully saturated rings. The molecule has 1 heterocycles. The van der Waals surface area contributed by atoms with E-state index < -0.39 is 18.8 Å². The third-order valence-corrected chi connectivity index (χ3v) is 2.74. The first kappa shape index (κ1) is 13.1. The summed E-state index contributed by atoms with van der Waals surface area (Å²) < 4.78 is 35.6. The number of carbonyl (C=O) groups excluding carboxylic acids is 1. The first-order valence-corrected chi connectivity index (χ1v) is 5.18. The smallest absolute Gasteiger partial charge is 0.329 e. The lowest BCUT2D eigenvalue weighted by molar-refractivity contribution is -0.123. The van der Waals surface area contributed by atoms with Gasteiger partial charge in [-0.15, -0.1) is 0 Å². The van der Waals surface area contributed by atoms with Crippen LogP contribution in [0.5, 0.6) is 0 Å². The van der Waals surface area contributed by atoms with Crippen LogP contribution < -0.4 is 11.1 Å². The summed E-state index contributed by atoms with van der Waals surface area (Å²) in [5.41, 5.74) is 5.76. The van der Waals surface area contributed by atoms with Crippen molar-refractivity contribution in [2.24, 2.45) is 11.7 Å². The number of nitrogens with two attached hydrogens (primary N) is 1. The Kier molecular flexibility index (Phi) is 4.01. The third-order valence-electron chi connectivity index (χ3n) is 2.74. The van der Waals surface area contributed by atoms with Gasteiger partial charge in [0, 0.05) is 19.1 Å². The Morgan fingerprint density at radius 1 is 1.50 bits per heavy atom. The predicted octanol–water partition coefficient (Wildman–Crippen LogP) is 0.927. The minimum Gasteiger partial charge on any atom is -0.329 e. The van der Waals surface area contributed by atoms with Crippen molar-refractivity contribution in [3.05, 3.63) is 0 Å². The zero-order valence-corrected chi connectivity index (χ0v) is 9.05. The molecule has 1 rings (SSSR count). The SMILES string of the molecule is CC[C@H]1CN(C(=O)NCC(F)(F)F)C[C@H]1N. The molecule has 0 aromatic heterocycles. The van der Waals surface area contributed by atoms with Gasteiger partial charge in [0.1, 0.15) is 6.54 Å². The van der Waals surface area contributed by atoms with Crippen LogP contribution in [0.25, 0.3) is 0 Å². The van der Waals surface area contributed by atoms with Gasteiger partial charge in [-0.3, -0.25) is 0 Å². The van der Waals surface area contributed by atoms with Crippen molar-refractivity contribution < 1.29 is 18.0 Å². The second-order valence-corrected chi connectivity index (χ2v) is 4.01. The van der Waals surface area contributed by atoms with E-state index in [1.807, 2.05) is 12.2 Å². The van der Waals surface area contributed by atoms with Crippen LogP contribution in [0.2, 0.25) is 0 Å². The van der Waals surface area contributed by atoms with E-state index in [0.717, 1.165) is 6.42 Å². The van der Waals surface area contributed by atoms with Crippen molar-refractivity contribution >= 4 is 6.03 Å². The van der Waals surface area contributed by atoms with Gasteiger partial charge in [0.05, 0.1) is 0 Å². The van der Waals surface area contributed by atoms with E-state index >= 15 is 0 Å². The van der Waals surface area contributed by atoms with Gasteiger partial charge < -0.3 is 16.0 Å². The van der Waals surface area contributed by atoms with Crippen molar-refractivity contribution in [1.82, 2.24) is 10.2 Å². The minimum atomic E-state index is -4.37. The molecule has 0 bridgehead atoms. The van der Waals surface area contributed by atoms with E-state index in [-0.39, 0.29) is 12.0 Å². The standard InChI is InChI=1S/C9H16F3N3O/c1-2-6-3-15(4-7(6)13)8(16)14-5-9(10,11)12/h6-7H,2-5,13H2,1H3,(H,14,16)/t6-,7+/m0/s1. The molecule has 1 aliphatic rings. The molecule has 0 aliphatic carbocycles. The van der Waals surface area contributed by atoms with Gasteiger partial charge in [-0.1, -0.05) is 13.3 Å². The Morgan fingerprint density at radius 2 is 2.12 bits per heavy atom. The first-order valence-electron chi connectivity index (χ1n) is 5.18. The van der Waals surface area contributed by atoms with Crippen LogP contribution in [-0.2, 0) is 0 Å². The molecule has 16 heavy (non-hydrogen) atoms. The maximum absolute atomic E-state index is 11.9. The van der Waals surface area contributed by atoms with E-state index in [2.05, 4.69) is 0 Å². The summed E-state index contributed by atoms with van der Waals surface area (Å²) in [6, 6.07) is -0.828. The summed E-state index contributed by atoms with van der Waals surface area (Å²) in [5, 5.41) is 1.84. The molecule has 0 spiro atoms. The highest BCUT2D eigenvalue weighted by molar-refractivity contribution is 5.74.